The highest BCUT2D eigenvalue weighted by Gasteiger charge is 2.10. The summed E-state index contributed by atoms with van der Waals surface area (Å²) in [6.45, 7) is 0.773. The van der Waals surface area contributed by atoms with Crippen LogP contribution in [-0.4, -0.2) is 41.1 Å². The summed E-state index contributed by atoms with van der Waals surface area (Å²) < 4.78 is 6.55. The summed E-state index contributed by atoms with van der Waals surface area (Å²) in [6.07, 6.45) is 3.22. The number of rotatable bonds is 5. The summed E-state index contributed by atoms with van der Waals surface area (Å²) in [7, 11) is 3.37. The molecule has 15 heavy (non-hydrogen) atoms. The number of aromatic nitrogens is 2. The van der Waals surface area contributed by atoms with E-state index in [1.807, 2.05) is 0 Å². The molecule has 1 N–H and O–H groups in total. The number of hydrogen-bond donors (Lipinski definition) is 1. The molecule has 0 saturated heterocycles. The first-order valence-corrected chi connectivity index (χ1v) is 4.96. The maximum atomic E-state index is 11.5. The minimum atomic E-state index is -0.225. The van der Waals surface area contributed by atoms with Gasteiger partial charge >= 0.3 is 0 Å². The number of imidazole rings is 1. The fourth-order valence-corrected chi connectivity index (χ4v) is 1.27. The Morgan fingerprint density at radius 3 is 3.07 bits per heavy atom. The predicted molar refractivity (Wildman–Crippen MR) is 57.1 cm³/mol. The Balaban J connectivity index is 2.36. The molecule has 84 valence electrons. The molecule has 0 aliphatic carbocycles. The fraction of sp³-hybridized carbons (Fsp3) is 0.556. The van der Waals surface area contributed by atoms with Crippen molar-refractivity contribution in [1.29, 1.82) is 0 Å². The van der Waals surface area contributed by atoms with Gasteiger partial charge in [-0.25, -0.2) is 4.98 Å². The second-order valence-electron chi connectivity index (χ2n) is 3.19. The average Bonchev–Trinajstić information content (AvgIpc) is 2.62. The van der Waals surface area contributed by atoms with Crippen LogP contribution in [0, 0.1) is 0 Å². The second kappa shape index (κ2) is 5.72. The van der Waals surface area contributed by atoms with Crippen molar-refractivity contribution in [2.75, 3.05) is 20.3 Å². The Bertz CT molecular complexity index is 327. The van der Waals surface area contributed by atoms with Crippen LogP contribution in [0.4, 0.5) is 0 Å². The molecule has 0 bridgehead atoms. The van der Waals surface area contributed by atoms with Gasteiger partial charge in [0.15, 0.2) is 0 Å². The molecule has 1 unspecified atom stereocenters. The summed E-state index contributed by atoms with van der Waals surface area (Å²) in [5.74, 6) is -0.225. The molecular formula is C9H14ClN3O2. The Morgan fingerprint density at radius 1 is 1.80 bits per heavy atom. The Labute approximate surface area is 93.4 Å². The quantitative estimate of drug-likeness (QED) is 0.747. The van der Waals surface area contributed by atoms with Crippen molar-refractivity contribution in [3.63, 3.8) is 0 Å². The molecule has 1 atom stereocenters. The van der Waals surface area contributed by atoms with Gasteiger partial charge in [-0.3, -0.25) is 4.79 Å². The highest BCUT2D eigenvalue weighted by Crippen LogP contribution is 1.97. The molecule has 1 aromatic heterocycles. The first-order chi connectivity index (χ1) is 7.13. The number of hydrogen-bond acceptors (Lipinski definition) is 3. The van der Waals surface area contributed by atoms with Crippen LogP contribution in [0.3, 0.4) is 0 Å². The van der Waals surface area contributed by atoms with Gasteiger partial charge in [-0.05, 0) is 0 Å². The van der Waals surface area contributed by atoms with Crippen molar-refractivity contribution < 1.29 is 9.53 Å². The van der Waals surface area contributed by atoms with Crippen LogP contribution in [0.2, 0.25) is 0 Å². The van der Waals surface area contributed by atoms with E-state index in [0.29, 0.717) is 18.8 Å². The van der Waals surface area contributed by atoms with Gasteiger partial charge in [0.25, 0.3) is 5.91 Å². The van der Waals surface area contributed by atoms with Crippen LogP contribution in [0.1, 0.15) is 10.5 Å². The second-order valence-corrected chi connectivity index (χ2v) is 3.80. The number of alkyl halides is 1. The van der Waals surface area contributed by atoms with Gasteiger partial charge < -0.3 is 14.6 Å². The SMILES string of the molecule is COCC(Cl)CNC(=O)c1cn(C)cn1. The van der Waals surface area contributed by atoms with E-state index in [0.717, 1.165) is 0 Å². The molecule has 0 aliphatic rings. The minimum Gasteiger partial charge on any atom is -0.383 e. The molecule has 1 rings (SSSR count). The number of nitrogens with one attached hydrogen (secondary N) is 1. The van der Waals surface area contributed by atoms with Gasteiger partial charge in [-0.1, -0.05) is 0 Å². The lowest BCUT2D eigenvalue weighted by atomic mass is 10.4. The average molecular weight is 232 g/mol. The number of ether oxygens (including phenoxy) is 1. The van der Waals surface area contributed by atoms with Crippen LogP contribution in [0.5, 0.6) is 0 Å². The van der Waals surface area contributed by atoms with Crippen LogP contribution in [0.25, 0.3) is 0 Å². The molecule has 1 amide bonds. The van der Waals surface area contributed by atoms with E-state index < -0.39 is 0 Å². The smallest absolute Gasteiger partial charge is 0.271 e. The lowest BCUT2D eigenvalue weighted by Gasteiger charge is -2.08. The number of amides is 1. The normalized spacial score (nSPS) is 12.5. The molecule has 5 nitrogen and oxygen atoms in total. The molecule has 1 heterocycles. The van der Waals surface area contributed by atoms with Crippen LogP contribution < -0.4 is 5.32 Å². The minimum absolute atomic E-state index is 0.220. The van der Waals surface area contributed by atoms with Crippen molar-refractivity contribution in [3.05, 3.63) is 18.2 Å². The van der Waals surface area contributed by atoms with Gasteiger partial charge in [-0.15, -0.1) is 11.6 Å². The van der Waals surface area contributed by atoms with Gasteiger partial charge in [0, 0.05) is 26.9 Å². The highest BCUT2D eigenvalue weighted by atomic mass is 35.5. The number of nitrogens with zero attached hydrogens (tertiary/aromatic N) is 2. The van der Waals surface area contributed by atoms with E-state index >= 15 is 0 Å². The zero-order valence-electron chi connectivity index (χ0n) is 8.74. The van der Waals surface area contributed by atoms with Crippen LogP contribution >= 0.6 is 11.6 Å². The summed E-state index contributed by atoms with van der Waals surface area (Å²) in [4.78, 5) is 15.4. The topological polar surface area (TPSA) is 56.1 Å². The van der Waals surface area contributed by atoms with Crippen molar-refractivity contribution in [3.8, 4) is 0 Å². The molecule has 0 spiro atoms. The standard InChI is InChI=1S/C9H14ClN3O2/c1-13-4-8(12-6-13)9(14)11-3-7(10)5-15-2/h4,6-7H,3,5H2,1-2H3,(H,11,14). The fourth-order valence-electron chi connectivity index (χ4n) is 1.06. The number of halogens is 1. The summed E-state index contributed by atoms with van der Waals surface area (Å²) >= 11 is 5.85. The van der Waals surface area contributed by atoms with Gasteiger partial charge in [0.05, 0.1) is 18.3 Å². The van der Waals surface area contributed by atoms with E-state index in [4.69, 9.17) is 16.3 Å². The maximum Gasteiger partial charge on any atom is 0.271 e. The summed E-state index contributed by atoms with van der Waals surface area (Å²) in [5.41, 5.74) is 0.388. The zero-order chi connectivity index (χ0) is 11.3. The van der Waals surface area contributed by atoms with Gasteiger partial charge in [0.2, 0.25) is 0 Å². The van der Waals surface area contributed by atoms with E-state index in [1.165, 1.54) is 0 Å². The van der Waals surface area contributed by atoms with Crippen molar-refractivity contribution in [1.82, 2.24) is 14.9 Å². The lowest BCUT2D eigenvalue weighted by Crippen LogP contribution is -2.31. The number of aryl methyl sites for hydroxylation is 1. The molecule has 0 aromatic carbocycles. The third kappa shape index (κ3) is 3.89. The van der Waals surface area contributed by atoms with E-state index in [2.05, 4.69) is 10.3 Å². The third-order valence-electron chi connectivity index (χ3n) is 1.77. The van der Waals surface area contributed by atoms with Crippen LogP contribution in [0.15, 0.2) is 12.5 Å². The van der Waals surface area contributed by atoms with Crippen molar-refractivity contribution in [2.24, 2.45) is 7.05 Å². The van der Waals surface area contributed by atoms with Crippen LogP contribution in [-0.2, 0) is 11.8 Å². The first kappa shape index (κ1) is 12.0. The Kier molecular flexibility index (Phi) is 4.58. The number of methoxy groups -OCH3 is 1. The Hall–Kier alpha value is -1.07. The highest BCUT2D eigenvalue weighted by molar-refractivity contribution is 6.21. The molecule has 6 heteroatoms. The molecule has 0 radical (unpaired) electrons. The lowest BCUT2D eigenvalue weighted by molar-refractivity contribution is 0.0944. The number of carbonyl (C=O) groups is 1. The zero-order valence-corrected chi connectivity index (χ0v) is 9.49. The Morgan fingerprint density at radius 2 is 2.53 bits per heavy atom. The van der Waals surface area contributed by atoms with E-state index in [9.17, 15) is 4.79 Å². The molecule has 0 fully saturated rings. The number of carbonyl (C=O) groups excluding carboxylic acids is 1. The van der Waals surface area contributed by atoms with Gasteiger partial charge in [-0.2, -0.15) is 0 Å². The predicted octanol–water partition coefficient (Wildman–Crippen LogP) is 0.404. The van der Waals surface area contributed by atoms with Crippen molar-refractivity contribution >= 4 is 17.5 Å². The maximum absolute atomic E-state index is 11.5. The molecule has 1 aromatic rings. The summed E-state index contributed by atoms with van der Waals surface area (Å²) in [5, 5.41) is 2.45. The van der Waals surface area contributed by atoms with Crippen molar-refractivity contribution in [2.45, 2.75) is 5.38 Å². The summed E-state index contributed by atoms with van der Waals surface area (Å²) in [6, 6.07) is 0. The molecule has 0 aliphatic heterocycles. The first-order valence-electron chi connectivity index (χ1n) is 4.52. The van der Waals surface area contributed by atoms with E-state index in [-0.39, 0.29) is 11.3 Å². The van der Waals surface area contributed by atoms with E-state index in [1.54, 1.807) is 31.2 Å². The third-order valence-corrected chi connectivity index (χ3v) is 2.05. The monoisotopic (exact) mass is 231 g/mol. The van der Waals surface area contributed by atoms with Gasteiger partial charge in [0.1, 0.15) is 5.69 Å². The molecule has 0 saturated carbocycles. The largest absolute Gasteiger partial charge is 0.383 e. The molecular weight excluding hydrogens is 218 g/mol.